The zero-order chi connectivity index (χ0) is 33.6. The van der Waals surface area contributed by atoms with Crippen LogP contribution in [-0.2, 0) is 30.4 Å². The number of carboxylic acid groups (broad SMARTS) is 3. The zero-order valence-corrected chi connectivity index (χ0v) is 22.6. The van der Waals surface area contributed by atoms with Crippen molar-refractivity contribution in [1.29, 1.82) is 0 Å². The van der Waals surface area contributed by atoms with Crippen molar-refractivity contribution in [3.63, 3.8) is 0 Å². The van der Waals surface area contributed by atoms with Crippen molar-refractivity contribution < 1.29 is 78.7 Å². The van der Waals surface area contributed by atoms with Gasteiger partial charge >= 0.3 is 36.4 Å². The van der Waals surface area contributed by atoms with Crippen molar-refractivity contribution in [3.8, 4) is 0 Å². The van der Waals surface area contributed by atoms with E-state index in [0.29, 0.717) is 6.04 Å². The molecule has 0 amide bonds. The minimum atomic E-state index is -5.08. The molecule has 0 bridgehead atoms. The summed E-state index contributed by atoms with van der Waals surface area (Å²) in [6.45, 7) is 4.42. The number of carboxylic acids is 3. The van der Waals surface area contributed by atoms with Crippen LogP contribution in [0.15, 0.2) is 24.4 Å². The number of nitrogens with zero attached hydrogens (tertiary/aromatic N) is 3. The molecule has 2 aliphatic heterocycles. The summed E-state index contributed by atoms with van der Waals surface area (Å²) in [5.74, 6) is -8.27. The third-order valence-corrected chi connectivity index (χ3v) is 5.27. The molecule has 43 heavy (non-hydrogen) atoms. The van der Waals surface area contributed by atoms with Gasteiger partial charge in [0, 0.05) is 38.5 Å². The van der Waals surface area contributed by atoms with Crippen LogP contribution in [0.5, 0.6) is 0 Å². The standard InChI is InChI=1S/C17H27N3O2.3C2HF3O2/c1-19(2)9-11-21-16-13-20(12-14-6-3-4-8-18-14)15-7-5-10-22-17(15)16;3*3-2(4,5)1(6)7/h3-4,6,8,15-17H,5,7,9-13H2,1-2H3;3*(H,6,7)/t15-,16+,17+;;;/m1.../s1. The van der Waals surface area contributed by atoms with Gasteiger partial charge in [0.15, 0.2) is 0 Å². The largest absolute Gasteiger partial charge is 0.490 e. The molecule has 3 heterocycles. The van der Waals surface area contributed by atoms with E-state index < -0.39 is 36.4 Å². The Morgan fingerprint density at radius 2 is 1.44 bits per heavy atom. The van der Waals surface area contributed by atoms with Crippen molar-refractivity contribution in [3.05, 3.63) is 30.1 Å². The number of carbonyl (C=O) groups is 3. The van der Waals surface area contributed by atoms with Crippen molar-refractivity contribution in [2.45, 2.75) is 56.2 Å². The van der Waals surface area contributed by atoms with E-state index in [2.05, 4.69) is 41.0 Å². The van der Waals surface area contributed by atoms with Gasteiger partial charge in [0.25, 0.3) is 0 Å². The lowest BCUT2D eigenvalue weighted by molar-refractivity contribution is -0.193. The number of ether oxygens (including phenoxy) is 2. The molecule has 3 rings (SSSR count). The molecule has 3 atom stereocenters. The van der Waals surface area contributed by atoms with Crippen LogP contribution in [0.3, 0.4) is 0 Å². The van der Waals surface area contributed by atoms with Crippen LogP contribution < -0.4 is 0 Å². The van der Waals surface area contributed by atoms with Crippen LogP contribution in [0.4, 0.5) is 39.5 Å². The number of halogens is 9. The Balaban J connectivity index is 0.000000690. The normalized spacial score (nSPS) is 20.3. The molecule has 2 aliphatic rings. The van der Waals surface area contributed by atoms with Gasteiger partial charge in [-0.05, 0) is 39.1 Å². The van der Waals surface area contributed by atoms with E-state index in [1.165, 1.54) is 6.42 Å². The molecule has 0 unspecified atom stereocenters. The minimum absolute atomic E-state index is 0.189. The van der Waals surface area contributed by atoms with Crippen LogP contribution in [0, 0.1) is 0 Å². The summed E-state index contributed by atoms with van der Waals surface area (Å²) in [7, 11) is 4.15. The van der Waals surface area contributed by atoms with Crippen LogP contribution in [0.25, 0.3) is 0 Å². The summed E-state index contributed by atoms with van der Waals surface area (Å²) >= 11 is 0. The van der Waals surface area contributed by atoms with Crippen molar-refractivity contribution in [2.24, 2.45) is 0 Å². The summed E-state index contributed by atoms with van der Waals surface area (Å²) in [5, 5.41) is 21.4. The second-order valence-electron chi connectivity index (χ2n) is 8.92. The molecule has 1 aromatic heterocycles. The molecule has 0 saturated carbocycles. The lowest BCUT2D eigenvalue weighted by atomic mass is 10.0. The van der Waals surface area contributed by atoms with Gasteiger partial charge in [-0.3, -0.25) is 9.88 Å². The Morgan fingerprint density at radius 3 is 1.84 bits per heavy atom. The maximum atomic E-state index is 10.6. The molecule has 3 N–H and O–H groups in total. The quantitative estimate of drug-likeness (QED) is 0.391. The van der Waals surface area contributed by atoms with Crippen LogP contribution in [0.1, 0.15) is 18.5 Å². The maximum Gasteiger partial charge on any atom is 0.490 e. The number of pyridine rings is 1. The summed E-state index contributed by atoms with van der Waals surface area (Å²) < 4.78 is 107. The molecule has 0 aliphatic carbocycles. The topological polar surface area (TPSA) is 150 Å². The average Bonchev–Trinajstić information content (AvgIpc) is 3.21. The van der Waals surface area contributed by atoms with Crippen molar-refractivity contribution in [1.82, 2.24) is 14.8 Å². The van der Waals surface area contributed by atoms with E-state index in [-0.39, 0.29) is 12.2 Å². The SMILES string of the molecule is CN(C)CCO[C@H]1CN(Cc2ccccn2)[C@@H]2CCCO[C@H]12.O=C(O)C(F)(F)F.O=C(O)C(F)(F)F.O=C(O)C(F)(F)F. The second-order valence-corrected chi connectivity index (χ2v) is 8.92. The molecule has 0 aromatic carbocycles. The number of rotatable bonds is 6. The molecule has 1 aromatic rings. The monoisotopic (exact) mass is 647 g/mol. The van der Waals surface area contributed by atoms with Crippen LogP contribution in [0.2, 0.25) is 0 Å². The summed E-state index contributed by atoms with van der Waals surface area (Å²) in [5.41, 5.74) is 1.13. The van der Waals surface area contributed by atoms with E-state index in [9.17, 15) is 39.5 Å². The predicted molar refractivity (Wildman–Crippen MR) is 127 cm³/mol. The Hall–Kier alpha value is -3.23. The van der Waals surface area contributed by atoms with Crippen LogP contribution >= 0.6 is 0 Å². The summed E-state index contributed by atoms with van der Waals surface area (Å²) in [4.78, 5) is 35.8. The molecule has 20 heteroatoms. The number of likely N-dealkylation sites (tertiary alicyclic amines) is 1. The van der Waals surface area contributed by atoms with Crippen molar-refractivity contribution >= 4 is 17.9 Å². The Labute approximate surface area is 238 Å². The number of alkyl halides is 9. The summed E-state index contributed by atoms with van der Waals surface area (Å²) in [6.07, 6.45) is -10.6. The van der Waals surface area contributed by atoms with E-state index in [0.717, 1.165) is 45.0 Å². The molecule has 248 valence electrons. The Bertz CT molecular complexity index is 936. The Kier molecular flexibility index (Phi) is 16.4. The van der Waals surface area contributed by atoms with Gasteiger partial charge < -0.3 is 29.7 Å². The fourth-order valence-electron chi connectivity index (χ4n) is 3.42. The van der Waals surface area contributed by atoms with E-state index >= 15 is 0 Å². The average molecular weight is 647 g/mol. The van der Waals surface area contributed by atoms with Gasteiger partial charge in [-0.15, -0.1) is 0 Å². The smallest absolute Gasteiger partial charge is 0.475 e. The first-order valence-corrected chi connectivity index (χ1v) is 12.0. The minimum Gasteiger partial charge on any atom is -0.475 e. The fraction of sp³-hybridized carbons (Fsp3) is 0.652. The molecule has 2 saturated heterocycles. The molecule has 11 nitrogen and oxygen atoms in total. The summed E-state index contributed by atoms with van der Waals surface area (Å²) in [6, 6.07) is 6.59. The molecular weight excluding hydrogens is 617 g/mol. The number of hydrogen-bond acceptors (Lipinski definition) is 8. The van der Waals surface area contributed by atoms with Gasteiger partial charge in [0.05, 0.1) is 18.4 Å². The third kappa shape index (κ3) is 16.9. The molecule has 0 spiro atoms. The van der Waals surface area contributed by atoms with Gasteiger partial charge in [0.1, 0.15) is 6.10 Å². The highest BCUT2D eigenvalue weighted by Gasteiger charge is 2.44. The Morgan fingerprint density at radius 1 is 0.953 bits per heavy atom. The lowest BCUT2D eigenvalue weighted by Gasteiger charge is -2.32. The molecular formula is C23H30F9N3O8. The van der Waals surface area contributed by atoms with Gasteiger partial charge in [-0.25, -0.2) is 14.4 Å². The van der Waals surface area contributed by atoms with E-state index in [1.54, 1.807) is 0 Å². The number of aromatic nitrogens is 1. The first-order chi connectivity index (χ1) is 19.6. The third-order valence-electron chi connectivity index (χ3n) is 5.27. The number of aliphatic carboxylic acids is 3. The lowest BCUT2D eigenvalue weighted by Crippen LogP contribution is -2.42. The fourth-order valence-corrected chi connectivity index (χ4v) is 3.42. The highest BCUT2D eigenvalue weighted by Crippen LogP contribution is 2.31. The maximum absolute atomic E-state index is 10.6. The van der Waals surface area contributed by atoms with Crippen molar-refractivity contribution in [2.75, 3.05) is 40.4 Å². The number of hydrogen-bond donors (Lipinski definition) is 3. The first-order valence-electron chi connectivity index (χ1n) is 12.0. The number of likely N-dealkylation sites (N-methyl/N-ethyl adjacent to an activating group) is 1. The highest BCUT2D eigenvalue weighted by molar-refractivity contribution is 5.73. The van der Waals surface area contributed by atoms with E-state index in [4.69, 9.17) is 39.2 Å². The second kappa shape index (κ2) is 17.8. The zero-order valence-electron chi connectivity index (χ0n) is 22.6. The number of fused-ring (bicyclic) bond motifs is 1. The van der Waals surface area contributed by atoms with Gasteiger partial charge in [-0.1, -0.05) is 6.07 Å². The van der Waals surface area contributed by atoms with E-state index in [1.807, 2.05) is 12.3 Å². The van der Waals surface area contributed by atoms with Gasteiger partial charge in [0.2, 0.25) is 0 Å². The predicted octanol–water partition coefficient (Wildman–Crippen LogP) is 3.29. The first kappa shape index (κ1) is 39.8. The molecule has 2 fully saturated rings. The van der Waals surface area contributed by atoms with Gasteiger partial charge in [-0.2, -0.15) is 39.5 Å². The highest BCUT2D eigenvalue weighted by atomic mass is 19.4. The molecule has 0 radical (unpaired) electrons. The van der Waals surface area contributed by atoms with Crippen LogP contribution in [-0.4, -0.2) is 125 Å².